The summed E-state index contributed by atoms with van der Waals surface area (Å²) >= 11 is 3.14. The molecule has 1 aromatic rings. The lowest BCUT2D eigenvalue weighted by Crippen LogP contribution is -2.32. The monoisotopic (exact) mass is 289 g/mol. The molecule has 0 aromatic heterocycles. The van der Waals surface area contributed by atoms with Crippen molar-refractivity contribution in [2.75, 3.05) is 7.11 Å². The van der Waals surface area contributed by atoms with Crippen molar-refractivity contribution >= 4 is 21.9 Å². The number of carbonyl (C=O) groups is 1. The standard InChI is InChI=1S/C10H12BrNO4/c1-16-9-5(4-7(12)10(14)15)2-3-6(11)8(9)13/h2-3,7,13H,4,12H2,1H3,(H,14,15). The van der Waals surface area contributed by atoms with Gasteiger partial charge in [-0.1, -0.05) is 6.07 Å². The number of hydrogen-bond acceptors (Lipinski definition) is 4. The number of aromatic hydroxyl groups is 1. The average molecular weight is 290 g/mol. The van der Waals surface area contributed by atoms with Crippen LogP contribution in [0.1, 0.15) is 5.56 Å². The number of hydrogen-bond donors (Lipinski definition) is 3. The first-order valence-corrected chi connectivity index (χ1v) is 5.29. The summed E-state index contributed by atoms with van der Waals surface area (Å²) in [5, 5.41) is 18.4. The minimum atomic E-state index is -1.09. The van der Waals surface area contributed by atoms with Gasteiger partial charge in [0.1, 0.15) is 6.04 Å². The molecule has 0 aliphatic carbocycles. The number of phenols is 1. The lowest BCUT2D eigenvalue weighted by atomic mass is 10.1. The van der Waals surface area contributed by atoms with Gasteiger partial charge in [0.15, 0.2) is 11.5 Å². The van der Waals surface area contributed by atoms with Crippen LogP contribution in [0.3, 0.4) is 0 Å². The van der Waals surface area contributed by atoms with Gasteiger partial charge in [0.2, 0.25) is 0 Å². The SMILES string of the molecule is COc1c(CC(N)C(=O)O)ccc(Br)c1O. The third kappa shape index (κ3) is 2.65. The van der Waals surface area contributed by atoms with Crippen LogP contribution in [0.5, 0.6) is 11.5 Å². The van der Waals surface area contributed by atoms with Crippen molar-refractivity contribution < 1.29 is 19.7 Å². The summed E-state index contributed by atoms with van der Waals surface area (Å²) in [6.07, 6.45) is 0.0966. The minimum absolute atomic E-state index is 0.0578. The van der Waals surface area contributed by atoms with Crippen LogP contribution in [-0.4, -0.2) is 29.3 Å². The Kier molecular flexibility index (Phi) is 4.14. The van der Waals surface area contributed by atoms with E-state index >= 15 is 0 Å². The molecule has 1 rings (SSSR count). The topological polar surface area (TPSA) is 92.8 Å². The molecule has 0 heterocycles. The highest BCUT2D eigenvalue weighted by Crippen LogP contribution is 2.37. The van der Waals surface area contributed by atoms with Crippen molar-refractivity contribution in [2.45, 2.75) is 12.5 Å². The number of phenolic OH excluding ortho intramolecular Hbond substituents is 1. The van der Waals surface area contributed by atoms with E-state index in [9.17, 15) is 9.90 Å². The molecule has 0 radical (unpaired) electrons. The molecule has 1 aromatic carbocycles. The molecule has 0 saturated carbocycles. The normalized spacial score (nSPS) is 12.2. The fraction of sp³-hybridized carbons (Fsp3) is 0.300. The smallest absolute Gasteiger partial charge is 0.320 e. The molecule has 6 heteroatoms. The molecular formula is C10H12BrNO4. The lowest BCUT2D eigenvalue weighted by Gasteiger charge is -2.13. The van der Waals surface area contributed by atoms with E-state index in [1.807, 2.05) is 0 Å². The van der Waals surface area contributed by atoms with Crippen LogP contribution >= 0.6 is 15.9 Å². The van der Waals surface area contributed by atoms with Crippen LogP contribution < -0.4 is 10.5 Å². The summed E-state index contributed by atoms with van der Waals surface area (Å²) in [7, 11) is 1.40. The summed E-state index contributed by atoms with van der Waals surface area (Å²) in [5.41, 5.74) is 5.97. The number of carboxylic acids is 1. The van der Waals surface area contributed by atoms with Gasteiger partial charge >= 0.3 is 5.97 Å². The van der Waals surface area contributed by atoms with Crippen LogP contribution in [0.15, 0.2) is 16.6 Å². The number of aliphatic carboxylic acids is 1. The van der Waals surface area contributed by atoms with Gasteiger partial charge in [0, 0.05) is 12.0 Å². The Morgan fingerprint density at radius 1 is 1.62 bits per heavy atom. The van der Waals surface area contributed by atoms with Gasteiger partial charge in [-0.25, -0.2) is 0 Å². The lowest BCUT2D eigenvalue weighted by molar-refractivity contribution is -0.138. The molecule has 0 aliphatic rings. The Bertz CT molecular complexity index is 408. The van der Waals surface area contributed by atoms with Gasteiger partial charge in [-0.05, 0) is 22.0 Å². The number of rotatable bonds is 4. The maximum atomic E-state index is 10.6. The number of nitrogens with two attached hydrogens (primary N) is 1. The van der Waals surface area contributed by atoms with Crippen molar-refractivity contribution in [2.24, 2.45) is 5.73 Å². The van der Waals surface area contributed by atoms with Crippen molar-refractivity contribution in [3.8, 4) is 11.5 Å². The molecule has 0 saturated heterocycles. The predicted octanol–water partition coefficient (Wildman–Crippen LogP) is 1.12. The second-order valence-corrected chi connectivity index (χ2v) is 4.09. The van der Waals surface area contributed by atoms with Crippen molar-refractivity contribution in [3.05, 3.63) is 22.2 Å². The van der Waals surface area contributed by atoms with E-state index in [4.69, 9.17) is 15.6 Å². The van der Waals surface area contributed by atoms with E-state index in [1.54, 1.807) is 12.1 Å². The molecule has 0 fully saturated rings. The van der Waals surface area contributed by atoms with Crippen LogP contribution in [0.4, 0.5) is 0 Å². The highest BCUT2D eigenvalue weighted by Gasteiger charge is 2.18. The Morgan fingerprint density at radius 2 is 2.25 bits per heavy atom. The summed E-state index contributed by atoms with van der Waals surface area (Å²) < 4.78 is 5.49. The Hall–Kier alpha value is -1.27. The van der Waals surface area contributed by atoms with E-state index < -0.39 is 12.0 Å². The van der Waals surface area contributed by atoms with Gasteiger partial charge in [-0.2, -0.15) is 0 Å². The first-order valence-electron chi connectivity index (χ1n) is 4.50. The summed E-state index contributed by atoms with van der Waals surface area (Å²) in [5.74, 6) is -0.909. The van der Waals surface area contributed by atoms with Crippen molar-refractivity contribution in [1.29, 1.82) is 0 Å². The second-order valence-electron chi connectivity index (χ2n) is 3.24. The Labute approximate surface area is 101 Å². The molecule has 5 nitrogen and oxygen atoms in total. The molecular weight excluding hydrogens is 278 g/mol. The Balaban J connectivity index is 3.05. The summed E-state index contributed by atoms with van der Waals surface area (Å²) in [6, 6.07) is 2.25. The highest BCUT2D eigenvalue weighted by molar-refractivity contribution is 9.10. The van der Waals surface area contributed by atoms with E-state index in [0.29, 0.717) is 10.0 Å². The summed E-state index contributed by atoms with van der Waals surface area (Å²) in [4.78, 5) is 10.6. The average Bonchev–Trinajstić information content (AvgIpc) is 2.23. The van der Waals surface area contributed by atoms with Crippen LogP contribution in [-0.2, 0) is 11.2 Å². The molecule has 0 bridgehead atoms. The van der Waals surface area contributed by atoms with E-state index in [2.05, 4.69) is 15.9 Å². The third-order valence-corrected chi connectivity index (χ3v) is 2.76. The zero-order chi connectivity index (χ0) is 12.3. The number of halogens is 1. The molecule has 0 amide bonds. The third-order valence-electron chi connectivity index (χ3n) is 2.12. The fourth-order valence-corrected chi connectivity index (χ4v) is 1.61. The highest BCUT2D eigenvalue weighted by atomic mass is 79.9. The molecule has 0 aliphatic heterocycles. The molecule has 88 valence electrons. The summed E-state index contributed by atoms with van der Waals surface area (Å²) in [6.45, 7) is 0. The molecule has 0 spiro atoms. The second kappa shape index (κ2) is 5.18. The van der Waals surface area contributed by atoms with E-state index in [1.165, 1.54) is 7.11 Å². The van der Waals surface area contributed by atoms with E-state index in [0.717, 1.165) is 0 Å². The Morgan fingerprint density at radius 3 is 2.75 bits per heavy atom. The number of ether oxygens (including phenoxy) is 1. The maximum Gasteiger partial charge on any atom is 0.320 e. The number of benzene rings is 1. The van der Waals surface area contributed by atoms with Crippen LogP contribution in [0, 0.1) is 0 Å². The molecule has 1 unspecified atom stereocenters. The van der Waals surface area contributed by atoms with E-state index in [-0.39, 0.29) is 17.9 Å². The first-order chi connectivity index (χ1) is 7.47. The first kappa shape index (κ1) is 12.8. The molecule has 1 atom stereocenters. The van der Waals surface area contributed by atoms with Crippen molar-refractivity contribution in [1.82, 2.24) is 0 Å². The molecule has 16 heavy (non-hydrogen) atoms. The van der Waals surface area contributed by atoms with Crippen molar-refractivity contribution in [3.63, 3.8) is 0 Å². The minimum Gasteiger partial charge on any atom is -0.503 e. The van der Waals surface area contributed by atoms with Crippen LogP contribution in [0.25, 0.3) is 0 Å². The zero-order valence-electron chi connectivity index (χ0n) is 8.61. The predicted molar refractivity (Wildman–Crippen MR) is 61.7 cm³/mol. The number of carboxylic acid groups (broad SMARTS) is 1. The van der Waals surface area contributed by atoms with Gasteiger partial charge in [-0.15, -0.1) is 0 Å². The quantitative estimate of drug-likeness (QED) is 0.772. The maximum absolute atomic E-state index is 10.6. The van der Waals surface area contributed by atoms with Gasteiger partial charge < -0.3 is 20.7 Å². The van der Waals surface area contributed by atoms with Crippen LogP contribution in [0.2, 0.25) is 0 Å². The number of methoxy groups -OCH3 is 1. The van der Waals surface area contributed by atoms with Gasteiger partial charge in [-0.3, -0.25) is 4.79 Å². The fourth-order valence-electron chi connectivity index (χ4n) is 1.30. The molecule has 4 N–H and O–H groups in total. The van der Waals surface area contributed by atoms with Gasteiger partial charge in [0.05, 0.1) is 11.6 Å². The largest absolute Gasteiger partial charge is 0.503 e. The van der Waals surface area contributed by atoms with Gasteiger partial charge in [0.25, 0.3) is 0 Å². The zero-order valence-corrected chi connectivity index (χ0v) is 10.2.